The summed E-state index contributed by atoms with van der Waals surface area (Å²) >= 11 is 0. The Bertz CT molecular complexity index is 1240. The Labute approximate surface area is 247 Å². The van der Waals surface area contributed by atoms with Crippen LogP contribution in [-0.2, 0) is 20.9 Å². The van der Waals surface area contributed by atoms with E-state index in [1.165, 1.54) is 9.80 Å². The third-order valence-electron chi connectivity index (χ3n) is 8.32. The van der Waals surface area contributed by atoms with Crippen LogP contribution in [0.2, 0.25) is 0 Å². The standard InChI is InChI=1S/C31H42N6O5/c1-5-36(6-2)24-17-25-21-42-26-9-7-23(8-10-26)31(41)35(4)27(30(40)33-18-22-13-15-32-16-14-22)11-12-28(38)34(3)20-29(39)37(25)19-24/h7-10,13-16,24-25,27H,5-6,11-12,17-21H2,1-4H3,(H,33,40)/t24-,25+,27+/m1/s1. The van der Waals surface area contributed by atoms with Crippen LogP contribution in [-0.4, -0.2) is 113 Å². The molecule has 1 aromatic heterocycles. The number of pyridine rings is 1. The van der Waals surface area contributed by atoms with E-state index in [0.717, 1.165) is 25.1 Å². The van der Waals surface area contributed by atoms with Crippen LogP contribution in [0.4, 0.5) is 0 Å². The van der Waals surface area contributed by atoms with E-state index in [1.54, 1.807) is 62.9 Å². The molecule has 11 nitrogen and oxygen atoms in total. The van der Waals surface area contributed by atoms with Gasteiger partial charge in [0.1, 0.15) is 18.4 Å². The van der Waals surface area contributed by atoms with Crippen molar-refractivity contribution >= 4 is 23.6 Å². The first-order chi connectivity index (χ1) is 20.2. The molecule has 1 fully saturated rings. The normalized spacial score (nSPS) is 22.3. The lowest BCUT2D eigenvalue weighted by Crippen LogP contribution is -2.48. The van der Waals surface area contributed by atoms with E-state index in [-0.39, 0.29) is 61.6 Å². The summed E-state index contributed by atoms with van der Waals surface area (Å²) in [6, 6.07) is 9.60. The van der Waals surface area contributed by atoms with Crippen molar-refractivity contribution in [2.75, 3.05) is 46.9 Å². The fourth-order valence-electron chi connectivity index (χ4n) is 5.73. The van der Waals surface area contributed by atoms with Crippen molar-refractivity contribution in [2.24, 2.45) is 0 Å². The first-order valence-corrected chi connectivity index (χ1v) is 14.7. The zero-order valence-corrected chi connectivity index (χ0v) is 25.0. The number of fused-ring (bicyclic) bond motifs is 11. The summed E-state index contributed by atoms with van der Waals surface area (Å²) in [6.07, 6.45) is 4.18. The molecule has 5 rings (SSSR count). The molecule has 11 heteroatoms. The quantitative estimate of drug-likeness (QED) is 0.556. The van der Waals surface area contributed by atoms with Crippen molar-refractivity contribution in [3.63, 3.8) is 0 Å². The van der Waals surface area contributed by atoms with Crippen LogP contribution >= 0.6 is 0 Å². The number of benzene rings is 1. The Kier molecular flexibility index (Phi) is 10.5. The highest BCUT2D eigenvalue weighted by atomic mass is 16.5. The van der Waals surface area contributed by atoms with E-state index in [0.29, 0.717) is 24.5 Å². The number of hydrogen-bond acceptors (Lipinski definition) is 7. The van der Waals surface area contributed by atoms with Crippen molar-refractivity contribution < 1.29 is 23.9 Å². The molecular formula is C31H42N6O5. The fraction of sp³-hybridized carbons (Fsp3) is 0.516. The number of ether oxygens (including phenoxy) is 1. The van der Waals surface area contributed by atoms with Gasteiger partial charge in [-0.1, -0.05) is 13.8 Å². The molecule has 0 aliphatic carbocycles. The Morgan fingerprint density at radius 2 is 1.71 bits per heavy atom. The fourth-order valence-corrected chi connectivity index (χ4v) is 5.73. The molecule has 0 radical (unpaired) electrons. The number of amides is 4. The van der Waals surface area contributed by atoms with Gasteiger partial charge in [0.15, 0.2) is 0 Å². The largest absolute Gasteiger partial charge is 0.491 e. The topological polar surface area (TPSA) is 115 Å². The lowest BCUT2D eigenvalue weighted by molar-refractivity contribution is -0.140. The average molecular weight is 579 g/mol. The first-order valence-electron chi connectivity index (χ1n) is 14.7. The average Bonchev–Trinajstić information content (AvgIpc) is 3.43. The second kappa shape index (κ2) is 14.3. The van der Waals surface area contributed by atoms with Crippen molar-refractivity contribution in [3.05, 3.63) is 59.9 Å². The number of aromatic nitrogens is 1. The highest BCUT2D eigenvalue weighted by molar-refractivity contribution is 5.97. The van der Waals surface area contributed by atoms with Crippen molar-refractivity contribution in [1.82, 2.24) is 29.9 Å². The van der Waals surface area contributed by atoms with Crippen molar-refractivity contribution in [2.45, 2.75) is 57.8 Å². The Morgan fingerprint density at radius 3 is 2.38 bits per heavy atom. The molecule has 3 aliphatic heterocycles. The van der Waals surface area contributed by atoms with Crippen molar-refractivity contribution in [3.8, 4) is 5.75 Å². The number of likely N-dealkylation sites (N-methyl/N-ethyl adjacent to an activating group) is 3. The summed E-state index contributed by atoms with van der Waals surface area (Å²) < 4.78 is 6.10. The second-order valence-corrected chi connectivity index (χ2v) is 10.9. The zero-order valence-electron chi connectivity index (χ0n) is 25.0. The number of rotatable bonds is 6. The number of nitrogens with zero attached hydrogens (tertiary/aromatic N) is 5. The summed E-state index contributed by atoms with van der Waals surface area (Å²) in [5.41, 5.74) is 1.27. The highest BCUT2D eigenvalue weighted by Gasteiger charge is 2.38. The lowest BCUT2D eigenvalue weighted by Gasteiger charge is -2.29. The molecule has 0 saturated carbocycles. The van der Waals surface area contributed by atoms with Crippen LogP contribution in [0, 0.1) is 0 Å². The predicted molar refractivity (Wildman–Crippen MR) is 158 cm³/mol. The molecular weight excluding hydrogens is 536 g/mol. The Hall–Kier alpha value is -3.99. The molecule has 3 atom stereocenters. The van der Waals surface area contributed by atoms with Gasteiger partial charge in [-0.25, -0.2) is 0 Å². The second-order valence-electron chi connectivity index (χ2n) is 10.9. The smallest absolute Gasteiger partial charge is 0.254 e. The zero-order chi connectivity index (χ0) is 30.2. The minimum Gasteiger partial charge on any atom is -0.491 e. The maximum atomic E-state index is 13.5. The summed E-state index contributed by atoms with van der Waals surface area (Å²) in [4.78, 5) is 64.4. The number of carbonyl (C=O) groups is 4. The van der Waals surface area contributed by atoms with E-state index in [2.05, 4.69) is 29.0 Å². The lowest BCUT2D eigenvalue weighted by atomic mass is 10.1. The van der Waals surface area contributed by atoms with Crippen LogP contribution in [0.3, 0.4) is 0 Å². The summed E-state index contributed by atoms with van der Waals surface area (Å²) in [5.74, 6) is -0.509. The van der Waals surface area contributed by atoms with Gasteiger partial charge in [-0.2, -0.15) is 0 Å². The van der Waals surface area contributed by atoms with Gasteiger partial charge in [0.05, 0.1) is 12.6 Å². The molecule has 42 heavy (non-hydrogen) atoms. The van der Waals surface area contributed by atoms with Crippen LogP contribution < -0.4 is 10.1 Å². The minimum absolute atomic E-state index is 0.00228. The Balaban J connectivity index is 1.56. The van der Waals surface area contributed by atoms with E-state index in [9.17, 15) is 19.2 Å². The van der Waals surface area contributed by atoms with Crippen molar-refractivity contribution in [1.29, 1.82) is 0 Å². The molecule has 4 amide bonds. The van der Waals surface area contributed by atoms with Gasteiger partial charge in [0.2, 0.25) is 17.7 Å². The number of nitrogens with one attached hydrogen (secondary N) is 1. The summed E-state index contributed by atoms with van der Waals surface area (Å²) in [6.45, 7) is 7.09. The van der Waals surface area contributed by atoms with E-state index in [1.807, 2.05) is 4.90 Å². The molecule has 2 aromatic rings. The third kappa shape index (κ3) is 7.44. The number of hydrogen-bond donors (Lipinski definition) is 1. The molecule has 226 valence electrons. The van der Waals surface area contributed by atoms with Gasteiger partial charge in [-0.15, -0.1) is 0 Å². The van der Waals surface area contributed by atoms with Gasteiger partial charge in [0, 0.05) is 57.6 Å². The van der Waals surface area contributed by atoms with E-state index in [4.69, 9.17) is 4.74 Å². The van der Waals surface area contributed by atoms with Gasteiger partial charge in [-0.05, 0) is 67.9 Å². The van der Waals surface area contributed by atoms with Crippen LogP contribution in [0.5, 0.6) is 5.75 Å². The summed E-state index contributed by atoms with van der Waals surface area (Å²) in [7, 11) is 3.17. The molecule has 4 heterocycles. The van der Waals surface area contributed by atoms with E-state index >= 15 is 0 Å². The van der Waals surface area contributed by atoms with Crippen LogP contribution in [0.15, 0.2) is 48.8 Å². The van der Waals surface area contributed by atoms with E-state index < -0.39 is 6.04 Å². The maximum absolute atomic E-state index is 13.5. The SMILES string of the molecule is CCN(CC)[C@@H]1C[C@H]2COc3ccc(cc3)C(=O)N(C)[C@H](C(=O)NCc3ccncc3)CCC(=O)N(C)CC(=O)N2C1. The third-order valence-corrected chi connectivity index (χ3v) is 8.32. The molecule has 1 N–H and O–H groups in total. The Morgan fingerprint density at radius 1 is 1.02 bits per heavy atom. The molecule has 0 unspecified atom stereocenters. The molecule has 0 spiro atoms. The van der Waals surface area contributed by atoms with Gasteiger partial charge in [-0.3, -0.25) is 29.1 Å². The van der Waals surface area contributed by atoms with Gasteiger partial charge < -0.3 is 24.8 Å². The minimum atomic E-state index is -0.892. The molecule has 2 bridgehead atoms. The monoisotopic (exact) mass is 578 g/mol. The van der Waals surface area contributed by atoms with Gasteiger partial charge in [0.25, 0.3) is 5.91 Å². The van der Waals surface area contributed by atoms with Crippen LogP contribution in [0.1, 0.15) is 49.0 Å². The molecule has 1 saturated heterocycles. The first kappa shape index (κ1) is 31.0. The molecule has 1 aromatic carbocycles. The molecule has 3 aliphatic rings. The summed E-state index contributed by atoms with van der Waals surface area (Å²) in [5, 5.41) is 2.88. The highest BCUT2D eigenvalue weighted by Crippen LogP contribution is 2.25. The maximum Gasteiger partial charge on any atom is 0.254 e. The number of carbonyl (C=O) groups excluding carboxylic acids is 4. The predicted octanol–water partition coefficient (Wildman–Crippen LogP) is 1.78. The van der Waals surface area contributed by atoms with Gasteiger partial charge >= 0.3 is 0 Å². The van der Waals surface area contributed by atoms with Crippen LogP contribution in [0.25, 0.3) is 0 Å².